The third-order valence-electron chi connectivity index (χ3n) is 4.85. The Kier molecular flexibility index (Phi) is 5.96. The second-order valence-corrected chi connectivity index (χ2v) is 8.81. The predicted octanol–water partition coefficient (Wildman–Crippen LogP) is 2.59. The van der Waals surface area contributed by atoms with Crippen LogP contribution in [0.4, 0.5) is 0 Å². The molecule has 1 aliphatic rings. The first kappa shape index (κ1) is 19.6. The molecule has 0 bridgehead atoms. The van der Waals surface area contributed by atoms with Gasteiger partial charge in [0.2, 0.25) is 15.9 Å². The molecule has 3 rings (SSSR count). The lowest BCUT2D eigenvalue weighted by Gasteiger charge is -2.29. The summed E-state index contributed by atoms with van der Waals surface area (Å²) in [4.78, 5) is 16.6. The van der Waals surface area contributed by atoms with E-state index in [0.29, 0.717) is 30.5 Å². The van der Waals surface area contributed by atoms with Crippen molar-refractivity contribution in [2.45, 2.75) is 44.6 Å². The van der Waals surface area contributed by atoms with Gasteiger partial charge in [0, 0.05) is 25.1 Å². The average molecular weight is 391 g/mol. The summed E-state index contributed by atoms with van der Waals surface area (Å²) in [7, 11) is -3.51. The first-order valence-corrected chi connectivity index (χ1v) is 10.7. The SMILES string of the molecule is CCc1cnc(CNC(=O)c2ccc(S(=O)(=O)N3CCC(C)CC3)cc2)o1. The van der Waals surface area contributed by atoms with Crippen LogP contribution in [0.5, 0.6) is 0 Å². The highest BCUT2D eigenvalue weighted by Crippen LogP contribution is 2.23. The number of hydrogen-bond donors (Lipinski definition) is 1. The van der Waals surface area contributed by atoms with Gasteiger partial charge < -0.3 is 9.73 Å². The average Bonchev–Trinajstić information content (AvgIpc) is 3.15. The highest BCUT2D eigenvalue weighted by molar-refractivity contribution is 7.89. The summed E-state index contributed by atoms with van der Waals surface area (Å²) in [5, 5.41) is 2.72. The van der Waals surface area contributed by atoms with Gasteiger partial charge >= 0.3 is 0 Å². The van der Waals surface area contributed by atoms with Crippen molar-refractivity contribution in [3.63, 3.8) is 0 Å². The molecule has 1 aliphatic heterocycles. The van der Waals surface area contributed by atoms with Crippen LogP contribution >= 0.6 is 0 Å². The van der Waals surface area contributed by atoms with Crippen LogP contribution in [0.2, 0.25) is 0 Å². The number of amides is 1. The fourth-order valence-electron chi connectivity index (χ4n) is 3.00. The number of oxazole rings is 1. The summed E-state index contributed by atoms with van der Waals surface area (Å²) in [6, 6.07) is 6.04. The molecule has 0 atom stereocenters. The number of hydrogen-bond acceptors (Lipinski definition) is 5. The van der Waals surface area contributed by atoms with Crippen molar-refractivity contribution >= 4 is 15.9 Å². The van der Waals surface area contributed by atoms with Gasteiger partial charge in [0.05, 0.1) is 17.6 Å². The molecule has 2 heterocycles. The van der Waals surface area contributed by atoms with Crippen LogP contribution in [0.3, 0.4) is 0 Å². The van der Waals surface area contributed by atoms with Crippen molar-refractivity contribution in [3.8, 4) is 0 Å². The van der Waals surface area contributed by atoms with E-state index in [1.165, 1.54) is 28.6 Å². The van der Waals surface area contributed by atoms with Gasteiger partial charge in [0.15, 0.2) is 0 Å². The fourth-order valence-corrected chi connectivity index (χ4v) is 4.47. The van der Waals surface area contributed by atoms with E-state index in [2.05, 4.69) is 17.2 Å². The van der Waals surface area contributed by atoms with Crippen LogP contribution in [0.25, 0.3) is 0 Å². The van der Waals surface area contributed by atoms with Crippen LogP contribution < -0.4 is 5.32 Å². The summed E-state index contributed by atoms with van der Waals surface area (Å²) in [6.45, 7) is 5.37. The van der Waals surface area contributed by atoms with Gasteiger partial charge in [-0.3, -0.25) is 4.79 Å². The van der Waals surface area contributed by atoms with Crippen LogP contribution in [-0.4, -0.2) is 36.7 Å². The van der Waals surface area contributed by atoms with Gasteiger partial charge in [-0.05, 0) is 43.0 Å². The summed E-state index contributed by atoms with van der Waals surface area (Å²) < 4.78 is 32.4. The molecule has 0 saturated carbocycles. The summed E-state index contributed by atoms with van der Waals surface area (Å²) in [5.74, 6) is 1.46. The Labute approximate surface area is 159 Å². The zero-order valence-electron chi connectivity index (χ0n) is 15.6. The Balaban J connectivity index is 1.62. The van der Waals surface area contributed by atoms with Crippen molar-refractivity contribution in [1.82, 2.24) is 14.6 Å². The minimum atomic E-state index is -3.51. The first-order valence-electron chi connectivity index (χ1n) is 9.22. The molecule has 0 radical (unpaired) electrons. The lowest BCUT2D eigenvalue weighted by Crippen LogP contribution is -2.37. The maximum atomic E-state index is 12.7. The van der Waals surface area contributed by atoms with E-state index in [1.807, 2.05) is 6.92 Å². The molecule has 8 heteroatoms. The number of benzene rings is 1. The zero-order valence-corrected chi connectivity index (χ0v) is 16.5. The number of carbonyl (C=O) groups is 1. The molecule has 146 valence electrons. The van der Waals surface area contributed by atoms with Gasteiger partial charge in [-0.2, -0.15) is 4.31 Å². The van der Waals surface area contributed by atoms with E-state index in [0.717, 1.165) is 25.0 Å². The van der Waals surface area contributed by atoms with E-state index in [-0.39, 0.29) is 17.3 Å². The number of nitrogens with one attached hydrogen (secondary N) is 1. The highest BCUT2D eigenvalue weighted by Gasteiger charge is 2.28. The number of rotatable bonds is 6. The molecule has 27 heavy (non-hydrogen) atoms. The summed E-state index contributed by atoms with van der Waals surface area (Å²) in [6.07, 6.45) is 4.13. The molecule has 1 fully saturated rings. The van der Waals surface area contributed by atoms with Crippen LogP contribution in [-0.2, 0) is 23.0 Å². The van der Waals surface area contributed by atoms with Gasteiger partial charge in [-0.1, -0.05) is 13.8 Å². The lowest BCUT2D eigenvalue weighted by atomic mass is 10.0. The molecule has 1 aromatic heterocycles. The monoisotopic (exact) mass is 391 g/mol. The maximum Gasteiger partial charge on any atom is 0.251 e. The van der Waals surface area contributed by atoms with Gasteiger partial charge in [0.25, 0.3) is 5.91 Å². The number of aryl methyl sites for hydroxylation is 1. The third-order valence-corrected chi connectivity index (χ3v) is 6.76. The quantitative estimate of drug-likeness (QED) is 0.817. The second-order valence-electron chi connectivity index (χ2n) is 6.87. The molecule has 0 aliphatic carbocycles. The molecular weight excluding hydrogens is 366 g/mol. The lowest BCUT2D eigenvalue weighted by molar-refractivity contribution is 0.0947. The first-order chi connectivity index (χ1) is 12.9. The van der Waals surface area contributed by atoms with E-state index in [1.54, 1.807) is 6.20 Å². The van der Waals surface area contributed by atoms with Crippen molar-refractivity contribution in [2.24, 2.45) is 5.92 Å². The van der Waals surface area contributed by atoms with Crippen molar-refractivity contribution < 1.29 is 17.6 Å². The van der Waals surface area contributed by atoms with E-state index in [4.69, 9.17) is 4.42 Å². The Bertz CT molecular complexity index is 882. The summed E-state index contributed by atoms with van der Waals surface area (Å²) in [5.41, 5.74) is 0.392. The van der Waals surface area contributed by atoms with Crippen LogP contribution in [0.15, 0.2) is 39.8 Å². The van der Waals surface area contributed by atoms with Crippen molar-refractivity contribution in [3.05, 3.63) is 47.7 Å². The molecular formula is C19H25N3O4S. The van der Waals surface area contributed by atoms with Crippen LogP contribution in [0, 0.1) is 5.92 Å². The standard InChI is InChI=1S/C19H25N3O4S/c1-3-16-12-20-18(26-16)13-21-19(23)15-4-6-17(7-5-15)27(24,25)22-10-8-14(2)9-11-22/h4-7,12,14H,3,8-11,13H2,1-2H3,(H,21,23). The number of aromatic nitrogens is 1. The Morgan fingerprint density at radius 1 is 1.26 bits per heavy atom. The zero-order chi connectivity index (χ0) is 19.4. The fraction of sp³-hybridized carbons (Fsp3) is 0.474. The minimum absolute atomic E-state index is 0.185. The molecule has 1 N–H and O–H groups in total. The molecule has 1 amide bonds. The Morgan fingerprint density at radius 3 is 2.52 bits per heavy atom. The normalized spacial score (nSPS) is 16.4. The molecule has 1 aromatic carbocycles. The van der Waals surface area contributed by atoms with E-state index in [9.17, 15) is 13.2 Å². The third kappa shape index (κ3) is 4.56. The topological polar surface area (TPSA) is 92.5 Å². The number of nitrogens with zero attached hydrogens (tertiary/aromatic N) is 2. The van der Waals surface area contributed by atoms with Crippen molar-refractivity contribution in [2.75, 3.05) is 13.1 Å². The number of sulfonamides is 1. The van der Waals surface area contributed by atoms with E-state index >= 15 is 0 Å². The number of piperidine rings is 1. The Hall–Kier alpha value is -2.19. The van der Waals surface area contributed by atoms with Gasteiger partial charge in [0.1, 0.15) is 5.76 Å². The maximum absolute atomic E-state index is 12.7. The van der Waals surface area contributed by atoms with Crippen molar-refractivity contribution in [1.29, 1.82) is 0 Å². The second kappa shape index (κ2) is 8.22. The number of carbonyl (C=O) groups excluding carboxylic acids is 1. The molecule has 1 saturated heterocycles. The van der Waals surface area contributed by atoms with E-state index < -0.39 is 10.0 Å². The smallest absolute Gasteiger partial charge is 0.251 e. The van der Waals surface area contributed by atoms with Gasteiger partial charge in [-0.25, -0.2) is 13.4 Å². The molecule has 0 spiro atoms. The summed E-state index contributed by atoms with van der Waals surface area (Å²) >= 11 is 0. The molecule has 0 unspecified atom stereocenters. The molecule has 2 aromatic rings. The van der Waals surface area contributed by atoms with Gasteiger partial charge in [-0.15, -0.1) is 0 Å². The highest BCUT2D eigenvalue weighted by atomic mass is 32.2. The molecule has 7 nitrogen and oxygen atoms in total. The Morgan fingerprint density at radius 2 is 1.93 bits per heavy atom. The predicted molar refractivity (Wildman–Crippen MR) is 101 cm³/mol. The largest absolute Gasteiger partial charge is 0.444 e. The van der Waals surface area contributed by atoms with Crippen LogP contribution in [0.1, 0.15) is 48.7 Å². The minimum Gasteiger partial charge on any atom is -0.444 e.